The van der Waals surface area contributed by atoms with Gasteiger partial charge in [-0.1, -0.05) is 54.1 Å². The summed E-state index contributed by atoms with van der Waals surface area (Å²) in [6.45, 7) is 4.88. The van der Waals surface area contributed by atoms with Gasteiger partial charge in [-0.2, -0.15) is 0 Å². The van der Waals surface area contributed by atoms with Gasteiger partial charge in [-0.05, 0) is 48.6 Å². The van der Waals surface area contributed by atoms with E-state index in [1.807, 2.05) is 18.2 Å². The third kappa shape index (κ3) is 5.35. The first kappa shape index (κ1) is 16.5. The standard InChI is InChI=1S/C20H24ClNO/c21-20-10-8-17(9-11-20)13-22-12-4-7-19(14-22)16-23-15-18-5-2-1-3-6-18/h1-3,5-6,8-11,19H,4,7,12-16H2. The lowest BCUT2D eigenvalue weighted by atomic mass is 9.98. The molecule has 3 rings (SSSR count). The van der Waals surface area contributed by atoms with Crippen molar-refractivity contribution in [2.24, 2.45) is 5.92 Å². The van der Waals surface area contributed by atoms with E-state index in [9.17, 15) is 0 Å². The molecule has 1 aliphatic rings. The van der Waals surface area contributed by atoms with E-state index in [0.29, 0.717) is 12.5 Å². The van der Waals surface area contributed by atoms with E-state index < -0.39 is 0 Å². The molecule has 0 radical (unpaired) electrons. The average Bonchev–Trinajstić information content (AvgIpc) is 2.58. The molecule has 0 aliphatic carbocycles. The zero-order valence-corrected chi connectivity index (χ0v) is 14.2. The number of rotatable bonds is 6. The smallest absolute Gasteiger partial charge is 0.0717 e. The molecule has 1 atom stereocenters. The fourth-order valence-electron chi connectivity index (χ4n) is 3.20. The van der Waals surface area contributed by atoms with Gasteiger partial charge in [-0.15, -0.1) is 0 Å². The van der Waals surface area contributed by atoms with Crippen molar-refractivity contribution in [1.82, 2.24) is 4.90 Å². The molecule has 0 spiro atoms. The van der Waals surface area contributed by atoms with Gasteiger partial charge < -0.3 is 4.74 Å². The average molecular weight is 330 g/mol. The van der Waals surface area contributed by atoms with Crippen molar-refractivity contribution in [3.63, 3.8) is 0 Å². The second-order valence-electron chi connectivity index (χ2n) is 6.37. The molecule has 1 heterocycles. The van der Waals surface area contributed by atoms with Crippen LogP contribution in [-0.2, 0) is 17.9 Å². The molecule has 1 aliphatic heterocycles. The van der Waals surface area contributed by atoms with Crippen LogP contribution in [0.5, 0.6) is 0 Å². The van der Waals surface area contributed by atoms with Gasteiger partial charge in [-0.25, -0.2) is 0 Å². The molecule has 1 fully saturated rings. The second-order valence-corrected chi connectivity index (χ2v) is 6.81. The Morgan fingerprint density at radius 2 is 1.78 bits per heavy atom. The van der Waals surface area contributed by atoms with Gasteiger partial charge >= 0.3 is 0 Å². The molecule has 0 N–H and O–H groups in total. The van der Waals surface area contributed by atoms with Crippen molar-refractivity contribution in [3.8, 4) is 0 Å². The van der Waals surface area contributed by atoms with Crippen LogP contribution in [0.25, 0.3) is 0 Å². The van der Waals surface area contributed by atoms with Crippen molar-refractivity contribution in [3.05, 3.63) is 70.7 Å². The second kappa shape index (κ2) is 8.49. The summed E-state index contributed by atoms with van der Waals surface area (Å²) in [6, 6.07) is 18.6. The highest BCUT2D eigenvalue weighted by molar-refractivity contribution is 6.30. The molecule has 0 amide bonds. The van der Waals surface area contributed by atoms with Crippen LogP contribution < -0.4 is 0 Å². The van der Waals surface area contributed by atoms with Crippen LogP contribution in [0.15, 0.2) is 54.6 Å². The zero-order chi connectivity index (χ0) is 15.9. The van der Waals surface area contributed by atoms with Crippen LogP contribution >= 0.6 is 11.6 Å². The summed E-state index contributed by atoms with van der Waals surface area (Å²) < 4.78 is 5.93. The van der Waals surface area contributed by atoms with Gasteiger partial charge in [0.1, 0.15) is 0 Å². The van der Waals surface area contributed by atoms with Gasteiger partial charge in [0.2, 0.25) is 0 Å². The quantitative estimate of drug-likeness (QED) is 0.757. The normalized spacial score (nSPS) is 18.9. The number of ether oxygens (including phenoxy) is 1. The number of hydrogen-bond donors (Lipinski definition) is 0. The summed E-state index contributed by atoms with van der Waals surface area (Å²) in [5.74, 6) is 0.639. The van der Waals surface area contributed by atoms with Crippen molar-refractivity contribution in [2.75, 3.05) is 19.7 Å². The SMILES string of the molecule is Clc1ccc(CN2CCCC(COCc3ccccc3)C2)cc1. The summed E-state index contributed by atoms with van der Waals surface area (Å²) in [5.41, 5.74) is 2.58. The van der Waals surface area contributed by atoms with Crippen LogP contribution in [0.1, 0.15) is 24.0 Å². The van der Waals surface area contributed by atoms with E-state index in [1.165, 1.54) is 30.5 Å². The highest BCUT2D eigenvalue weighted by Crippen LogP contribution is 2.20. The number of likely N-dealkylation sites (tertiary alicyclic amines) is 1. The molecular weight excluding hydrogens is 306 g/mol. The van der Waals surface area contributed by atoms with Gasteiger partial charge in [0, 0.05) is 18.1 Å². The van der Waals surface area contributed by atoms with Crippen LogP contribution in [0.4, 0.5) is 0 Å². The molecule has 0 aromatic heterocycles. The number of piperidine rings is 1. The summed E-state index contributed by atoms with van der Waals surface area (Å²) in [6.07, 6.45) is 2.53. The molecule has 2 nitrogen and oxygen atoms in total. The summed E-state index contributed by atoms with van der Waals surface area (Å²) >= 11 is 5.96. The largest absolute Gasteiger partial charge is 0.376 e. The first-order valence-electron chi connectivity index (χ1n) is 8.38. The Hall–Kier alpha value is -1.35. The van der Waals surface area contributed by atoms with Crippen LogP contribution in [0.2, 0.25) is 5.02 Å². The van der Waals surface area contributed by atoms with E-state index in [2.05, 4.69) is 41.3 Å². The van der Waals surface area contributed by atoms with E-state index in [-0.39, 0.29) is 0 Å². The molecule has 23 heavy (non-hydrogen) atoms. The Labute approximate surface area is 144 Å². The molecule has 122 valence electrons. The van der Waals surface area contributed by atoms with Crippen molar-refractivity contribution in [1.29, 1.82) is 0 Å². The van der Waals surface area contributed by atoms with E-state index in [0.717, 1.165) is 24.7 Å². The number of nitrogens with zero attached hydrogens (tertiary/aromatic N) is 1. The van der Waals surface area contributed by atoms with Crippen molar-refractivity contribution < 1.29 is 4.74 Å². The van der Waals surface area contributed by atoms with Crippen molar-refractivity contribution in [2.45, 2.75) is 26.0 Å². The third-order valence-corrected chi connectivity index (χ3v) is 4.64. The minimum Gasteiger partial charge on any atom is -0.376 e. The lowest BCUT2D eigenvalue weighted by molar-refractivity contribution is 0.0497. The molecule has 1 saturated heterocycles. The fourth-order valence-corrected chi connectivity index (χ4v) is 3.32. The maximum absolute atomic E-state index is 5.96. The van der Waals surface area contributed by atoms with Gasteiger partial charge in [0.05, 0.1) is 13.2 Å². The van der Waals surface area contributed by atoms with E-state index >= 15 is 0 Å². The zero-order valence-electron chi connectivity index (χ0n) is 13.5. The van der Waals surface area contributed by atoms with Crippen LogP contribution in [0, 0.1) is 5.92 Å². The predicted molar refractivity (Wildman–Crippen MR) is 95.6 cm³/mol. The van der Waals surface area contributed by atoms with E-state index in [1.54, 1.807) is 0 Å². The molecule has 2 aromatic rings. The van der Waals surface area contributed by atoms with E-state index in [4.69, 9.17) is 16.3 Å². The minimum atomic E-state index is 0.639. The topological polar surface area (TPSA) is 12.5 Å². The number of hydrogen-bond acceptors (Lipinski definition) is 2. The third-order valence-electron chi connectivity index (χ3n) is 4.39. The number of benzene rings is 2. The number of halogens is 1. The molecule has 0 bridgehead atoms. The van der Waals surface area contributed by atoms with Crippen molar-refractivity contribution >= 4 is 11.6 Å². The van der Waals surface area contributed by atoms with Gasteiger partial charge in [0.15, 0.2) is 0 Å². The Bertz CT molecular complexity index is 584. The van der Waals surface area contributed by atoms with Crippen LogP contribution in [-0.4, -0.2) is 24.6 Å². The Balaban J connectivity index is 1.43. The summed E-state index contributed by atoms with van der Waals surface area (Å²) in [5, 5.41) is 0.805. The molecule has 2 aromatic carbocycles. The fraction of sp³-hybridized carbons (Fsp3) is 0.400. The first-order valence-corrected chi connectivity index (χ1v) is 8.76. The summed E-state index contributed by atoms with van der Waals surface area (Å²) in [4.78, 5) is 2.53. The maximum atomic E-state index is 5.96. The highest BCUT2D eigenvalue weighted by Gasteiger charge is 2.20. The Morgan fingerprint density at radius 1 is 1.00 bits per heavy atom. The lowest BCUT2D eigenvalue weighted by Crippen LogP contribution is -2.36. The maximum Gasteiger partial charge on any atom is 0.0717 e. The molecule has 0 saturated carbocycles. The highest BCUT2D eigenvalue weighted by atomic mass is 35.5. The molecule has 1 unspecified atom stereocenters. The minimum absolute atomic E-state index is 0.639. The molecular formula is C20H24ClNO. The lowest BCUT2D eigenvalue weighted by Gasteiger charge is -2.32. The first-order chi connectivity index (χ1) is 11.3. The van der Waals surface area contributed by atoms with Crippen LogP contribution in [0.3, 0.4) is 0 Å². The van der Waals surface area contributed by atoms with Gasteiger partial charge in [0.25, 0.3) is 0 Å². The monoisotopic (exact) mass is 329 g/mol. The summed E-state index contributed by atoms with van der Waals surface area (Å²) in [7, 11) is 0. The Morgan fingerprint density at radius 3 is 2.57 bits per heavy atom. The Kier molecular flexibility index (Phi) is 6.09. The molecule has 3 heteroatoms. The predicted octanol–water partition coefficient (Wildman–Crippen LogP) is 4.77. The van der Waals surface area contributed by atoms with Gasteiger partial charge in [-0.3, -0.25) is 4.90 Å².